The van der Waals surface area contributed by atoms with Crippen LogP contribution in [0.4, 0.5) is 0 Å². The van der Waals surface area contributed by atoms with Gasteiger partial charge in [0.2, 0.25) is 0 Å². The van der Waals surface area contributed by atoms with Crippen LogP contribution >= 0.6 is 0 Å². The Morgan fingerprint density at radius 3 is 2.58 bits per heavy atom. The molecule has 4 atom stereocenters. The number of nitrogens with zero attached hydrogens (tertiary/aromatic N) is 2. The van der Waals surface area contributed by atoms with Crippen molar-refractivity contribution in [1.29, 1.82) is 0 Å². The molecule has 0 saturated carbocycles. The van der Waals surface area contributed by atoms with Gasteiger partial charge in [-0.2, -0.15) is 0 Å². The van der Waals surface area contributed by atoms with Crippen molar-refractivity contribution in [1.82, 2.24) is 9.80 Å². The lowest BCUT2D eigenvalue weighted by Gasteiger charge is -2.41. The maximum absolute atomic E-state index is 2.69. The van der Waals surface area contributed by atoms with Crippen molar-refractivity contribution in [3.63, 3.8) is 0 Å². The van der Waals surface area contributed by atoms with Crippen molar-refractivity contribution in [2.45, 2.75) is 18.9 Å². The lowest BCUT2D eigenvalue weighted by Crippen LogP contribution is -2.48. The first-order chi connectivity index (χ1) is 5.81. The summed E-state index contributed by atoms with van der Waals surface area (Å²) in [6, 6.07) is 0.885. The van der Waals surface area contributed by atoms with Crippen LogP contribution in [0.3, 0.4) is 0 Å². The first-order valence-corrected chi connectivity index (χ1v) is 5.24. The van der Waals surface area contributed by atoms with E-state index in [2.05, 4.69) is 16.8 Å². The number of piperidine rings is 2. The molecule has 4 saturated heterocycles. The molecule has 0 N–H and O–H groups in total. The van der Waals surface area contributed by atoms with Crippen LogP contribution in [-0.4, -0.2) is 49.1 Å². The maximum atomic E-state index is 2.69. The van der Waals surface area contributed by atoms with Gasteiger partial charge in [0.15, 0.2) is 0 Å². The topological polar surface area (TPSA) is 6.48 Å². The van der Waals surface area contributed by atoms with Crippen LogP contribution in [-0.2, 0) is 0 Å². The minimum absolute atomic E-state index is 0.885. The molecular weight excluding hydrogens is 148 g/mol. The zero-order chi connectivity index (χ0) is 8.13. The highest BCUT2D eigenvalue weighted by atomic mass is 15.3. The van der Waals surface area contributed by atoms with Crippen LogP contribution < -0.4 is 0 Å². The number of fused-ring (bicyclic) bond motifs is 1. The van der Waals surface area contributed by atoms with Crippen molar-refractivity contribution >= 4 is 0 Å². The zero-order valence-electron chi connectivity index (χ0n) is 7.87. The standard InChI is InChI=1S/C10H18N2/c1-11-4-9-2-8-3-10(11)7-12(5-8)6-9/h8-10H,2-7H2,1H3. The molecule has 0 aromatic rings. The fourth-order valence-corrected chi connectivity index (χ4v) is 3.51. The minimum Gasteiger partial charge on any atom is -0.302 e. The van der Waals surface area contributed by atoms with Crippen molar-refractivity contribution in [3.05, 3.63) is 0 Å². The first-order valence-electron chi connectivity index (χ1n) is 5.24. The number of hydrogen-bond acceptors (Lipinski definition) is 2. The molecular formula is C10H18N2. The molecule has 2 nitrogen and oxygen atoms in total. The normalized spacial score (nSPS) is 52.8. The van der Waals surface area contributed by atoms with Crippen molar-refractivity contribution in [2.75, 3.05) is 33.2 Å². The molecule has 68 valence electrons. The Kier molecular flexibility index (Phi) is 1.50. The summed E-state index contributed by atoms with van der Waals surface area (Å²) in [6.45, 7) is 5.50. The van der Waals surface area contributed by atoms with Crippen LogP contribution in [0.25, 0.3) is 0 Å². The van der Waals surface area contributed by atoms with Gasteiger partial charge in [-0.3, -0.25) is 0 Å². The number of hydrogen-bond donors (Lipinski definition) is 0. The molecule has 4 fully saturated rings. The monoisotopic (exact) mass is 166 g/mol. The summed E-state index contributed by atoms with van der Waals surface area (Å²) in [5, 5.41) is 0. The Morgan fingerprint density at radius 2 is 1.75 bits per heavy atom. The van der Waals surface area contributed by atoms with Gasteiger partial charge in [0.05, 0.1) is 0 Å². The van der Waals surface area contributed by atoms with Crippen LogP contribution in [0.2, 0.25) is 0 Å². The number of rotatable bonds is 0. The van der Waals surface area contributed by atoms with Crippen LogP contribution in [0.15, 0.2) is 0 Å². The van der Waals surface area contributed by atoms with Crippen molar-refractivity contribution in [3.8, 4) is 0 Å². The molecule has 0 aromatic heterocycles. The van der Waals surface area contributed by atoms with E-state index in [9.17, 15) is 0 Å². The molecule has 0 aromatic carbocycles. The lowest BCUT2D eigenvalue weighted by molar-refractivity contribution is 0.0846. The Morgan fingerprint density at radius 1 is 0.917 bits per heavy atom. The molecule has 0 aliphatic carbocycles. The van der Waals surface area contributed by atoms with E-state index in [1.54, 1.807) is 0 Å². The van der Waals surface area contributed by atoms with E-state index < -0.39 is 0 Å². The summed E-state index contributed by atoms with van der Waals surface area (Å²) in [4.78, 5) is 5.29. The summed E-state index contributed by atoms with van der Waals surface area (Å²) in [6.07, 6.45) is 2.99. The quantitative estimate of drug-likeness (QED) is 0.521. The Balaban J connectivity index is 1.91. The van der Waals surface area contributed by atoms with E-state index in [4.69, 9.17) is 0 Å². The van der Waals surface area contributed by atoms with E-state index >= 15 is 0 Å². The lowest BCUT2D eigenvalue weighted by atomic mass is 9.84. The fraction of sp³-hybridized carbons (Fsp3) is 1.00. The second-order valence-electron chi connectivity index (χ2n) is 5.02. The third-order valence-corrected chi connectivity index (χ3v) is 3.94. The predicted molar refractivity (Wildman–Crippen MR) is 49.1 cm³/mol. The van der Waals surface area contributed by atoms with Crippen molar-refractivity contribution in [2.24, 2.45) is 11.8 Å². The highest BCUT2D eigenvalue weighted by molar-refractivity contribution is 4.94. The Hall–Kier alpha value is -0.0800. The first kappa shape index (κ1) is 7.34. The van der Waals surface area contributed by atoms with Gasteiger partial charge in [-0.05, 0) is 31.7 Å². The zero-order valence-corrected chi connectivity index (χ0v) is 7.87. The minimum atomic E-state index is 0.885. The van der Waals surface area contributed by atoms with Gasteiger partial charge in [-0.25, -0.2) is 0 Å². The summed E-state index contributed by atoms with van der Waals surface area (Å²) >= 11 is 0. The molecule has 4 rings (SSSR count). The van der Waals surface area contributed by atoms with E-state index in [0.717, 1.165) is 17.9 Å². The molecule has 0 amide bonds. The van der Waals surface area contributed by atoms with Gasteiger partial charge in [0.25, 0.3) is 0 Å². The maximum Gasteiger partial charge on any atom is 0.0223 e. The van der Waals surface area contributed by atoms with E-state index in [1.165, 1.54) is 39.0 Å². The summed E-state index contributed by atoms with van der Waals surface area (Å²) in [5.41, 5.74) is 0. The molecule has 2 heteroatoms. The second-order valence-corrected chi connectivity index (χ2v) is 5.02. The molecule has 4 heterocycles. The summed E-state index contributed by atoms with van der Waals surface area (Å²) in [7, 11) is 2.31. The van der Waals surface area contributed by atoms with Gasteiger partial charge < -0.3 is 9.80 Å². The molecule has 0 spiro atoms. The van der Waals surface area contributed by atoms with E-state index in [-0.39, 0.29) is 0 Å². The highest BCUT2D eigenvalue weighted by Gasteiger charge is 2.39. The van der Waals surface area contributed by atoms with Crippen LogP contribution in [0, 0.1) is 11.8 Å². The third-order valence-electron chi connectivity index (χ3n) is 3.94. The van der Waals surface area contributed by atoms with Gasteiger partial charge in [-0.1, -0.05) is 0 Å². The average Bonchev–Trinajstić information content (AvgIpc) is 2.16. The van der Waals surface area contributed by atoms with E-state index in [1.807, 2.05) is 0 Å². The van der Waals surface area contributed by atoms with Crippen LogP contribution in [0.5, 0.6) is 0 Å². The molecule has 4 bridgehead atoms. The van der Waals surface area contributed by atoms with E-state index in [0.29, 0.717) is 0 Å². The van der Waals surface area contributed by atoms with Gasteiger partial charge in [0, 0.05) is 32.2 Å². The predicted octanol–water partition coefficient (Wildman–Crippen LogP) is 0.642. The van der Waals surface area contributed by atoms with Crippen LogP contribution in [0.1, 0.15) is 12.8 Å². The molecule has 4 unspecified atom stereocenters. The molecule has 0 radical (unpaired) electrons. The molecule has 4 aliphatic heterocycles. The Labute approximate surface area is 74.5 Å². The van der Waals surface area contributed by atoms with Gasteiger partial charge in [-0.15, -0.1) is 0 Å². The Bertz CT molecular complexity index is 178. The number of likely N-dealkylation sites (N-methyl/N-ethyl adjacent to an activating group) is 1. The van der Waals surface area contributed by atoms with Gasteiger partial charge >= 0.3 is 0 Å². The third kappa shape index (κ3) is 1.01. The average molecular weight is 166 g/mol. The van der Waals surface area contributed by atoms with Gasteiger partial charge in [0.1, 0.15) is 0 Å². The van der Waals surface area contributed by atoms with Crippen molar-refractivity contribution < 1.29 is 0 Å². The fourth-order valence-electron chi connectivity index (χ4n) is 3.51. The SMILES string of the molecule is CN1CC2CC3CC1CN(C3)C2. The summed E-state index contributed by atoms with van der Waals surface area (Å²) < 4.78 is 0. The second kappa shape index (κ2) is 2.46. The smallest absolute Gasteiger partial charge is 0.0223 e. The largest absolute Gasteiger partial charge is 0.302 e. The molecule has 12 heavy (non-hydrogen) atoms. The summed E-state index contributed by atoms with van der Waals surface area (Å²) in [5.74, 6) is 2.02. The molecule has 4 aliphatic rings. The highest BCUT2D eigenvalue weighted by Crippen LogP contribution is 2.35.